The molecule has 0 radical (unpaired) electrons. The highest BCUT2D eigenvalue weighted by atomic mass is 16.5. The smallest absolute Gasteiger partial charge is 0.305 e. The van der Waals surface area contributed by atoms with Crippen LogP contribution in [-0.4, -0.2) is 17.9 Å². The van der Waals surface area contributed by atoms with Crippen LogP contribution in [0, 0.1) is 28.1 Å². The highest BCUT2D eigenvalue weighted by molar-refractivity contribution is 6.00. The number of ether oxygens (including phenoxy) is 1. The largest absolute Gasteiger partial charge is 0.461 e. The molecule has 5 atom stereocenters. The van der Waals surface area contributed by atoms with Crippen molar-refractivity contribution in [1.29, 1.82) is 0 Å². The Labute approximate surface area is 127 Å². The first kappa shape index (κ1) is 14.8. The minimum absolute atomic E-state index is 0.133. The van der Waals surface area contributed by atoms with E-state index in [1.54, 1.807) is 13.0 Å². The maximum atomic E-state index is 12.8. The van der Waals surface area contributed by atoms with Crippen molar-refractivity contribution < 1.29 is 14.3 Å². The quantitative estimate of drug-likeness (QED) is 0.731. The first-order chi connectivity index (χ1) is 9.72. The maximum Gasteiger partial charge on any atom is 0.305 e. The van der Waals surface area contributed by atoms with Crippen LogP contribution in [0.4, 0.5) is 0 Å². The fourth-order valence-electron chi connectivity index (χ4n) is 5.92. The van der Waals surface area contributed by atoms with Gasteiger partial charge in [-0.2, -0.15) is 0 Å². The topological polar surface area (TPSA) is 43.4 Å². The summed E-state index contributed by atoms with van der Waals surface area (Å²) in [4.78, 5) is 24.7. The van der Waals surface area contributed by atoms with Gasteiger partial charge in [0.15, 0.2) is 5.78 Å². The minimum atomic E-state index is -0.595. The number of ketones is 1. The predicted octanol–water partition coefficient (Wildman–Crippen LogP) is 3.53. The van der Waals surface area contributed by atoms with E-state index in [0.29, 0.717) is 18.3 Å². The molecular formula is C18H26O3. The van der Waals surface area contributed by atoms with Gasteiger partial charge in [-0.05, 0) is 37.7 Å². The molecule has 0 bridgehead atoms. The van der Waals surface area contributed by atoms with E-state index >= 15 is 0 Å². The molecule has 0 unspecified atom stereocenters. The number of carbonyl (C=O) groups excluding carboxylic acids is 2. The van der Waals surface area contributed by atoms with Crippen molar-refractivity contribution in [3.05, 3.63) is 12.2 Å². The van der Waals surface area contributed by atoms with E-state index in [9.17, 15) is 9.59 Å². The lowest BCUT2D eigenvalue weighted by molar-refractivity contribution is -0.165. The van der Waals surface area contributed by atoms with Gasteiger partial charge in [-0.15, -0.1) is 0 Å². The summed E-state index contributed by atoms with van der Waals surface area (Å²) < 4.78 is 5.84. The molecule has 0 amide bonds. The van der Waals surface area contributed by atoms with Crippen molar-refractivity contribution >= 4 is 11.8 Å². The van der Waals surface area contributed by atoms with Crippen LogP contribution in [0.3, 0.4) is 0 Å². The van der Waals surface area contributed by atoms with Gasteiger partial charge in [0.2, 0.25) is 0 Å². The third-order valence-corrected chi connectivity index (χ3v) is 6.84. The lowest BCUT2D eigenvalue weighted by Gasteiger charge is -2.42. The molecule has 0 aromatic rings. The lowest BCUT2D eigenvalue weighted by atomic mass is 9.61. The molecule has 2 fully saturated rings. The maximum absolute atomic E-state index is 12.8. The molecule has 21 heavy (non-hydrogen) atoms. The van der Waals surface area contributed by atoms with Crippen LogP contribution >= 0.6 is 0 Å². The Hall–Kier alpha value is -1.12. The predicted molar refractivity (Wildman–Crippen MR) is 80.5 cm³/mol. The normalized spacial score (nSPS) is 46.5. The van der Waals surface area contributed by atoms with Gasteiger partial charge >= 0.3 is 5.97 Å². The Kier molecular flexibility index (Phi) is 2.96. The van der Waals surface area contributed by atoms with Crippen LogP contribution in [0.2, 0.25) is 0 Å². The molecule has 0 aromatic heterocycles. The van der Waals surface area contributed by atoms with E-state index in [1.807, 2.05) is 6.92 Å². The van der Waals surface area contributed by atoms with Crippen LogP contribution in [0.25, 0.3) is 0 Å². The number of carbonyl (C=O) groups is 2. The van der Waals surface area contributed by atoms with Gasteiger partial charge in [0.05, 0.1) is 5.41 Å². The first-order valence-corrected chi connectivity index (χ1v) is 8.16. The fourth-order valence-corrected chi connectivity index (χ4v) is 5.92. The first-order valence-electron chi connectivity index (χ1n) is 8.16. The summed E-state index contributed by atoms with van der Waals surface area (Å²) in [5.74, 6) is 0.805. The second-order valence-electron chi connectivity index (χ2n) is 7.91. The SMILES string of the molecule is CCC(=O)O[C@H]1C(C)(C)[C@@H]2CC[C@@H](C)[C@]23C=CC(=O)[C@@]13C. The van der Waals surface area contributed by atoms with Gasteiger partial charge in [-0.25, -0.2) is 0 Å². The summed E-state index contributed by atoms with van der Waals surface area (Å²) in [6.45, 7) is 10.4. The lowest BCUT2D eigenvalue weighted by Crippen LogP contribution is -2.48. The average molecular weight is 290 g/mol. The van der Waals surface area contributed by atoms with Crippen molar-refractivity contribution in [1.82, 2.24) is 0 Å². The molecular weight excluding hydrogens is 264 g/mol. The highest BCUT2D eigenvalue weighted by Crippen LogP contribution is 2.75. The van der Waals surface area contributed by atoms with Crippen LogP contribution in [0.1, 0.15) is 53.9 Å². The third kappa shape index (κ3) is 1.45. The molecule has 0 saturated heterocycles. The second-order valence-corrected chi connectivity index (χ2v) is 7.91. The Bertz CT molecular complexity index is 533. The summed E-state index contributed by atoms with van der Waals surface area (Å²) in [5, 5.41) is 0. The molecule has 0 aliphatic heterocycles. The van der Waals surface area contributed by atoms with Gasteiger partial charge in [-0.1, -0.05) is 33.8 Å². The van der Waals surface area contributed by atoms with Gasteiger partial charge in [0, 0.05) is 17.3 Å². The second kappa shape index (κ2) is 4.21. The fraction of sp³-hybridized carbons (Fsp3) is 0.778. The molecule has 3 heteroatoms. The summed E-state index contributed by atoms with van der Waals surface area (Å²) in [6, 6.07) is 0. The molecule has 2 saturated carbocycles. The van der Waals surface area contributed by atoms with Gasteiger partial charge in [0.25, 0.3) is 0 Å². The number of rotatable bonds is 2. The molecule has 3 aliphatic rings. The van der Waals surface area contributed by atoms with Crippen molar-refractivity contribution in [3.63, 3.8) is 0 Å². The Morgan fingerprint density at radius 2 is 2.00 bits per heavy atom. The van der Waals surface area contributed by atoms with E-state index in [-0.39, 0.29) is 28.7 Å². The number of allylic oxidation sites excluding steroid dienone is 2. The van der Waals surface area contributed by atoms with E-state index in [0.717, 1.165) is 12.8 Å². The monoisotopic (exact) mass is 290 g/mol. The van der Waals surface area contributed by atoms with Crippen molar-refractivity contribution in [3.8, 4) is 0 Å². The van der Waals surface area contributed by atoms with Crippen LogP contribution < -0.4 is 0 Å². The molecule has 0 aromatic carbocycles. The van der Waals surface area contributed by atoms with Gasteiger partial charge in [-0.3, -0.25) is 9.59 Å². The number of hydrogen-bond acceptors (Lipinski definition) is 3. The third-order valence-electron chi connectivity index (χ3n) is 6.84. The summed E-state index contributed by atoms with van der Waals surface area (Å²) in [7, 11) is 0. The zero-order chi connectivity index (χ0) is 15.6. The molecule has 3 nitrogen and oxygen atoms in total. The Morgan fingerprint density at radius 3 is 2.62 bits per heavy atom. The average Bonchev–Trinajstić information content (AvgIpc) is 2.95. The van der Waals surface area contributed by atoms with Gasteiger partial charge < -0.3 is 4.74 Å². The number of esters is 1. The van der Waals surface area contributed by atoms with Crippen LogP contribution in [0.5, 0.6) is 0 Å². The standard InChI is InChI=1S/C18H26O3/c1-6-14(20)21-15-16(3,4)12-8-7-11(2)18(12)10-9-13(19)17(15,18)5/h9-12,15H,6-8H2,1-5H3/t11-,12+,15+,17+,18-/m1/s1. The van der Waals surface area contributed by atoms with Crippen LogP contribution in [0.15, 0.2) is 12.2 Å². The van der Waals surface area contributed by atoms with E-state index in [1.165, 1.54) is 0 Å². The Balaban J connectivity index is 2.15. The summed E-state index contributed by atoms with van der Waals surface area (Å²) >= 11 is 0. The molecule has 0 N–H and O–H groups in total. The minimum Gasteiger partial charge on any atom is -0.461 e. The Morgan fingerprint density at radius 1 is 1.33 bits per heavy atom. The van der Waals surface area contributed by atoms with Crippen molar-refractivity contribution in [2.24, 2.45) is 28.1 Å². The summed E-state index contributed by atoms with van der Waals surface area (Å²) in [6.07, 6.45) is 6.19. The van der Waals surface area contributed by atoms with E-state index < -0.39 is 5.41 Å². The zero-order valence-corrected chi connectivity index (χ0v) is 13.7. The molecule has 3 aliphatic carbocycles. The number of hydrogen-bond donors (Lipinski definition) is 0. The summed E-state index contributed by atoms with van der Waals surface area (Å²) in [5.41, 5.74) is -0.890. The van der Waals surface area contributed by atoms with Crippen molar-refractivity contribution in [2.75, 3.05) is 0 Å². The van der Waals surface area contributed by atoms with Crippen LogP contribution in [-0.2, 0) is 14.3 Å². The van der Waals surface area contributed by atoms with E-state index in [4.69, 9.17) is 4.74 Å². The van der Waals surface area contributed by atoms with Crippen molar-refractivity contribution in [2.45, 2.75) is 60.0 Å². The molecule has 0 heterocycles. The van der Waals surface area contributed by atoms with Gasteiger partial charge in [0.1, 0.15) is 6.10 Å². The van der Waals surface area contributed by atoms with E-state index in [2.05, 4.69) is 26.8 Å². The molecule has 1 spiro atoms. The molecule has 116 valence electrons. The molecule has 3 rings (SSSR count). The highest BCUT2D eigenvalue weighted by Gasteiger charge is 2.77. The zero-order valence-electron chi connectivity index (χ0n) is 13.7.